The van der Waals surface area contributed by atoms with Crippen molar-refractivity contribution in [3.8, 4) is 5.75 Å². The standard InChI is InChI=1S/C14H15FN2O/c1-17(12-7-8-16-14(15)9-12)10-11-5-3-4-6-13(11)18-2/h3-9H,10H2,1-2H3. The fourth-order valence-electron chi connectivity index (χ4n) is 1.81. The van der Waals surface area contributed by atoms with Gasteiger partial charge in [0.05, 0.1) is 7.11 Å². The van der Waals surface area contributed by atoms with Crippen molar-refractivity contribution in [1.29, 1.82) is 0 Å². The lowest BCUT2D eigenvalue weighted by atomic mass is 10.2. The van der Waals surface area contributed by atoms with Gasteiger partial charge < -0.3 is 9.64 Å². The van der Waals surface area contributed by atoms with E-state index in [1.54, 1.807) is 13.2 Å². The first-order valence-corrected chi connectivity index (χ1v) is 5.65. The fraction of sp³-hybridized carbons (Fsp3) is 0.214. The third-order valence-corrected chi connectivity index (χ3v) is 2.75. The van der Waals surface area contributed by atoms with Gasteiger partial charge in [-0.2, -0.15) is 4.39 Å². The SMILES string of the molecule is COc1ccccc1CN(C)c1ccnc(F)c1. The number of pyridine rings is 1. The lowest BCUT2D eigenvalue weighted by molar-refractivity contribution is 0.409. The van der Waals surface area contributed by atoms with Crippen molar-refractivity contribution in [3.05, 3.63) is 54.1 Å². The molecule has 0 aliphatic carbocycles. The van der Waals surface area contributed by atoms with Crippen LogP contribution in [0.1, 0.15) is 5.56 Å². The van der Waals surface area contributed by atoms with Gasteiger partial charge in [-0.25, -0.2) is 4.98 Å². The summed E-state index contributed by atoms with van der Waals surface area (Å²) in [5, 5.41) is 0. The zero-order valence-corrected chi connectivity index (χ0v) is 10.4. The Hall–Kier alpha value is -2.10. The Labute approximate surface area is 106 Å². The number of hydrogen-bond acceptors (Lipinski definition) is 3. The summed E-state index contributed by atoms with van der Waals surface area (Å²) in [5.74, 6) is 0.359. The van der Waals surface area contributed by atoms with E-state index in [-0.39, 0.29) is 0 Å². The van der Waals surface area contributed by atoms with E-state index in [1.807, 2.05) is 36.2 Å². The monoisotopic (exact) mass is 246 g/mol. The molecule has 1 aromatic carbocycles. The third kappa shape index (κ3) is 2.77. The molecule has 2 rings (SSSR count). The van der Waals surface area contributed by atoms with E-state index in [9.17, 15) is 4.39 Å². The molecule has 0 unspecified atom stereocenters. The van der Waals surface area contributed by atoms with Gasteiger partial charge in [-0.15, -0.1) is 0 Å². The molecule has 2 aromatic rings. The van der Waals surface area contributed by atoms with Crippen LogP contribution in [0.3, 0.4) is 0 Å². The van der Waals surface area contributed by atoms with Crippen LogP contribution >= 0.6 is 0 Å². The molecule has 0 aliphatic rings. The Bertz CT molecular complexity index is 531. The number of halogens is 1. The van der Waals surface area contributed by atoms with Gasteiger partial charge >= 0.3 is 0 Å². The smallest absolute Gasteiger partial charge is 0.214 e. The number of para-hydroxylation sites is 1. The van der Waals surface area contributed by atoms with Gasteiger partial charge in [0, 0.05) is 37.1 Å². The van der Waals surface area contributed by atoms with E-state index in [2.05, 4.69) is 4.98 Å². The Balaban J connectivity index is 2.18. The summed E-state index contributed by atoms with van der Waals surface area (Å²) < 4.78 is 18.3. The van der Waals surface area contributed by atoms with E-state index in [0.29, 0.717) is 6.54 Å². The van der Waals surface area contributed by atoms with Gasteiger partial charge in [-0.3, -0.25) is 0 Å². The Morgan fingerprint density at radius 1 is 1.28 bits per heavy atom. The van der Waals surface area contributed by atoms with Crippen LogP contribution in [-0.2, 0) is 6.54 Å². The molecular formula is C14H15FN2O. The molecule has 0 radical (unpaired) electrons. The van der Waals surface area contributed by atoms with Gasteiger partial charge in [-0.05, 0) is 12.1 Å². The molecule has 3 nitrogen and oxygen atoms in total. The van der Waals surface area contributed by atoms with Crippen molar-refractivity contribution in [2.45, 2.75) is 6.54 Å². The van der Waals surface area contributed by atoms with E-state index in [4.69, 9.17) is 4.74 Å². The second-order valence-electron chi connectivity index (χ2n) is 4.00. The molecule has 0 bridgehead atoms. The first-order valence-electron chi connectivity index (χ1n) is 5.65. The Morgan fingerprint density at radius 3 is 2.78 bits per heavy atom. The number of methoxy groups -OCH3 is 1. The van der Waals surface area contributed by atoms with Crippen LogP contribution in [0.2, 0.25) is 0 Å². The highest BCUT2D eigenvalue weighted by molar-refractivity contribution is 5.46. The highest BCUT2D eigenvalue weighted by atomic mass is 19.1. The van der Waals surface area contributed by atoms with Crippen LogP contribution in [0.5, 0.6) is 5.75 Å². The molecule has 0 saturated carbocycles. The highest BCUT2D eigenvalue weighted by Crippen LogP contribution is 2.21. The van der Waals surface area contributed by atoms with Gasteiger partial charge in [0.1, 0.15) is 5.75 Å². The van der Waals surface area contributed by atoms with Crippen molar-refractivity contribution in [1.82, 2.24) is 4.98 Å². The minimum absolute atomic E-state index is 0.473. The van der Waals surface area contributed by atoms with Crippen molar-refractivity contribution in [2.24, 2.45) is 0 Å². The maximum atomic E-state index is 13.0. The normalized spacial score (nSPS) is 10.2. The zero-order chi connectivity index (χ0) is 13.0. The summed E-state index contributed by atoms with van der Waals surface area (Å²) in [4.78, 5) is 5.49. The van der Waals surface area contributed by atoms with E-state index >= 15 is 0 Å². The van der Waals surface area contributed by atoms with Crippen molar-refractivity contribution in [2.75, 3.05) is 19.1 Å². The van der Waals surface area contributed by atoms with Crippen LogP contribution in [-0.4, -0.2) is 19.1 Å². The molecular weight excluding hydrogens is 231 g/mol. The molecule has 0 fully saturated rings. The first-order chi connectivity index (χ1) is 8.70. The molecule has 18 heavy (non-hydrogen) atoms. The van der Waals surface area contributed by atoms with Crippen LogP contribution < -0.4 is 9.64 Å². The number of ether oxygens (including phenoxy) is 1. The number of hydrogen-bond donors (Lipinski definition) is 0. The zero-order valence-electron chi connectivity index (χ0n) is 10.4. The lowest BCUT2D eigenvalue weighted by Crippen LogP contribution is -2.17. The van der Waals surface area contributed by atoms with Gasteiger partial charge in [0.2, 0.25) is 5.95 Å². The van der Waals surface area contributed by atoms with E-state index in [0.717, 1.165) is 17.0 Å². The second kappa shape index (κ2) is 5.49. The largest absolute Gasteiger partial charge is 0.496 e. The predicted molar refractivity (Wildman–Crippen MR) is 69.3 cm³/mol. The number of aromatic nitrogens is 1. The number of nitrogens with zero attached hydrogens (tertiary/aromatic N) is 2. The number of benzene rings is 1. The summed E-state index contributed by atoms with van der Waals surface area (Å²) in [7, 11) is 3.55. The van der Waals surface area contributed by atoms with E-state index in [1.165, 1.54) is 12.3 Å². The predicted octanol–water partition coefficient (Wildman–Crippen LogP) is 2.87. The van der Waals surface area contributed by atoms with Gasteiger partial charge in [-0.1, -0.05) is 18.2 Å². The molecule has 4 heteroatoms. The average Bonchev–Trinajstić information content (AvgIpc) is 2.39. The molecule has 0 aliphatic heterocycles. The summed E-state index contributed by atoms with van der Waals surface area (Å²) in [6, 6.07) is 11.0. The summed E-state index contributed by atoms with van der Waals surface area (Å²) in [6.07, 6.45) is 1.46. The summed E-state index contributed by atoms with van der Waals surface area (Å²) in [5.41, 5.74) is 1.84. The average molecular weight is 246 g/mol. The minimum Gasteiger partial charge on any atom is -0.496 e. The maximum absolute atomic E-state index is 13.0. The van der Waals surface area contributed by atoms with Crippen molar-refractivity contribution >= 4 is 5.69 Å². The maximum Gasteiger partial charge on any atom is 0.214 e. The molecule has 0 amide bonds. The summed E-state index contributed by atoms with van der Waals surface area (Å²) >= 11 is 0. The van der Waals surface area contributed by atoms with Gasteiger partial charge in [0.15, 0.2) is 0 Å². The minimum atomic E-state index is -0.473. The molecule has 0 spiro atoms. The Kier molecular flexibility index (Phi) is 3.77. The lowest BCUT2D eigenvalue weighted by Gasteiger charge is -2.20. The van der Waals surface area contributed by atoms with Crippen LogP contribution in [0.25, 0.3) is 0 Å². The van der Waals surface area contributed by atoms with Crippen LogP contribution in [0, 0.1) is 5.95 Å². The van der Waals surface area contributed by atoms with Crippen molar-refractivity contribution in [3.63, 3.8) is 0 Å². The number of rotatable bonds is 4. The summed E-state index contributed by atoms with van der Waals surface area (Å²) in [6.45, 7) is 0.646. The van der Waals surface area contributed by atoms with E-state index < -0.39 is 5.95 Å². The van der Waals surface area contributed by atoms with Gasteiger partial charge in [0.25, 0.3) is 0 Å². The Morgan fingerprint density at radius 2 is 2.06 bits per heavy atom. The molecule has 0 N–H and O–H groups in total. The molecule has 0 saturated heterocycles. The molecule has 1 heterocycles. The highest BCUT2D eigenvalue weighted by Gasteiger charge is 2.07. The van der Waals surface area contributed by atoms with Crippen LogP contribution in [0.15, 0.2) is 42.6 Å². The van der Waals surface area contributed by atoms with Crippen molar-refractivity contribution < 1.29 is 9.13 Å². The third-order valence-electron chi connectivity index (χ3n) is 2.75. The second-order valence-corrected chi connectivity index (χ2v) is 4.00. The topological polar surface area (TPSA) is 25.4 Å². The fourth-order valence-corrected chi connectivity index (χ4v) is 1.81. The first kappa shape index (κ1) is 12.4. The quantitative estimate of drug-likeness (QED) is 0.776. The molecule has 94 valence electrons. The van der Waals surface area contributed by atoms with Crippen LogP contribution in [0.4, 0.5) is 10.1 Å². The molecule has 0 atom stereocenters. The molecule has 1 aromatic heterocycles. The number of anilines is 1.